The van der Waals surface area contributed by atoms with Gasteiger partial charge in [-0.25, -0.2) is 4.58 Å². The molecule has 0 spiro atoms. The van der Waals surface area contributed by atoms with E-state index < -0.39 is 0 Å². The summed E-state index contributed by atoms with van der Waals surface area (Å²) in [6.45, 7) is 16.0. The number of aliphatic hydroxyl groups is 1. The summed E-state index contributed by atoms with van der Waals surface area (Å²) >= 11 is 0. The number of hydrogen-bond acceptors (Lipinski definition) is 3. The summed E-state index contributed by atoms with van der Waals surface area (Å²) in [6.07, 6.45) is 42.4. The molecular weight excluding hydrogens is 757 g/mol. The van der Waals surface area contributed by atoms with Gasteiger partial charge in [0.25, 0.3) is 0 Å². The van der Waals surface area contributed by atoms with E-state index in [2.05, 4.69) is 89.4 Å². The normalized spacial score (nSPS) is 43.3. The third kappa shape index (κ3) is 8.96. The minimum atomic E-state index is -0.0910. The first-order valence-electron chi connectivity index (χ1n) is 27.3. The van der Waals surface area contributed by atoms with Gasteiger partial charge in [0.15, 0.2) is 11.8 Å². The lowest BCUT2D eigenvalue weighted by molar-refractivity contribution is -0.541. The monoisotopic (exact) mass is 850 g/mol. The van der Waals surface area contributed by atoms with Crippen LogP contribution in [0.3, 0.4) is 0 Å². The van der Waals surface area contributed by atoms with Gasteiger partial charge in [-0.15, -0.1) is 0 Å². The molecule has 9 rings (SSSR count). The Balaban J connectivity index is 0.980. The molecule has 0 bridgehead atoms. The maximum atomic E-state index is 10.6. The lowest BCUT2D eigenvalue weighted by Gasteiger charge is -2.47. The number of allylic oxidation sites excluding steroid dienone is 7. The van der Waals surface area contributed by atoms with Crippen molar-refractivity contribution >= 4 is 5.71 Å². The zero-order chi connectivity index (χ0) is 43.3. The molecule has 62 heavy (non-hydrogen) atoms. The third-order valence-electron chi connectivity index (χ3n) is 20.5. The van der Waals surface area contributed by atoms with E-state index in [9.17, 15) is 5.11 Å². The molecule has 14 atom stereocenters. The van der Waals surface area contributed by atoms with Crippen molar-refractivity contribution in [1.29, 1.82) is 0 Å². The van der Waals surface area contributed by atoms with Crippen LogP contribution in [0, 0.1) is 70.0 Å². The van der Waals surface area contributed by atoms with Crippen LogP contribution in [0.1, 0.15) is 196 Å². The van der Waals surface area contributed by atoms with E-state index in [4.69, 9.17) is 4.74 Å². The van der Waals surface area contributed by atoms with Gasteiger partial charge in [-0.05, 0) is 193 Å². The minimum absolute atomic E-state index is 0.0910. The van der Waals surface area contributed by atoms with E-state index in [1.54, 1.807) is 28.1 Å². The van der Waals surface area contributed by atoms with Crippen molar-refractivity contribution in [3.8, 4) is 0 Å². The summed E-state index contributed by atoms with van der Waals surface area (Å²) in [6, 6.07) is 1.41. The summed E-state index contributed by atoms with van der Waals surface area (Å²) in [5.41, 5.74) is 8.39. The molecule has 9 aliphatic rings. The van der Waals surface area contributed by atoms with Gasteiger partial charge in [0, 0.05) is 42.6 Å². The Hall–Kier alpha value is -1.65. The second-order valence-electron chi connectivity index (χ2n) is 24.9. The SMILES string of the molecule is CCC1CC(CC2CC(C)CC(O)C2)CC(OCCC2=C(/C=C/C3=[N+](C)C4CCC5CCCCC5C4C3(C)C)CCC/C2=C\C=C2\N(C)C3CCC4CCCCC4C3C2(C)C)C1. The molecule has 4 nitrogen and oxygen atoms in total. The molecule has 4 heteroatoms. The molecule has 6 saturated carbocycles. The van der Waals surface area contributed by atoms with Gasteiger partial charge >= 0.3 is 0 Å². The fraction of sp³-hybridized carbons (Fsp3) is 0.845. The number of aliphatic hydroxyl groups excluding tert-OH is 1. The predicted molar refractivity (Wildman–Crippen MR) is 259 cm³/mol. The highest BCUT2D eigenvalue weighted by Gasteiger charge is 2.59. The average Bonchev–Trinajstić information content (AvgIpc) is 3.58. The number of hydrogen-bond donors (Lipinski definition) is 1. The third-order valence-corrected chi connectivity index (χ3v) is 20.5. The molecule has 0 aromatic carbocycles. The Morgan fingerprint density at radius 2 is 1.42 bits per heavy atom. The van der Waals surface area contributed by atoms with Crippen molar-refractivity contribution in [3.05, 3.63) is 46.7 Å². The molecule has 1 saturated heterocycles. The summed E-state index contributed by atoms with van der Waals surface area (Å²) < 4.78 is 9.85. The van der Waals surface area contributed by atoms with Crippen LogP contribution in [-0.2, 0) is 4.74 Å². The Labute approximate surface area is 381 Å². The topological polar surface area (TPSA) is 35.7 Å². The van der Waals surface area contributed by atoms with Gasteiger partial charge in [0.2, 0.25) is 0 Å². The Morgan fingerprint density at radius 3 is 2.16 bits per heavy atom. The molecule has 0 radical (unpaired) electrons. The van der Waals surface area contributed by atoms with E-state index in [0.717, 1.165) is 73.2 Å². The largest absolute Gasteiger partial charge is 0.393 e. The maximum Gasteiger partial charge on any atom is 0.182 e. The van der Waals surface area contributed by atoms with Gasteiger partial charge in [0.05, 0.1) is 24.2 Å². The standard InChI is InChI=1S/C58H93N2O2/c1-9-39-33-41(34-40-31-38(2)32-46(61)35-40)37-47(36-39)62-30-29-48-42(23-27-53-57(3,4)55-49-19-12-10-15-44(49)21-25-51(55)59(53)7)17-14-18-43(48)24-28-54-58(5,6)56-50-20-13-11-16-45(50)22-26-52(56)60(54)8/h23-24,27-28,38-41,44-47,49-52,55-56,61H,9-22,25-26,29-37H2,1-8H3/q+1. The number of ether oxygens (including phenoxy) is 1. The highest BCUT2D eigenvalue weighted by molar-refractivity contribution is 5.97. The molecule has 7 aliphatic carbocycles. The van der Waals surface area contributed by atoms with E-state index >= 15 is 0 Å². The van der Waals surface area contributed by atoms with E-state index in [1.165, 1.54) is 135 Å². The highest BCUT2D eigenvalue weighted by atomic mass is 16.5. The van der Waals surface area contributed by atoms with Crippen molar-refractivity contribution < 1.29 is 14.4 Å². The minimum Gasteiger partial charge on any atom is -0.393 e. The van der Waals surface area contributed by atoms with Crippen molar-refractivity contribution in [1.82, 2.24) is 4.90 Å². The Bertz CT molecular complexity index is 1730. The van der Waals surface area contributed by atoms with Gasteiger partial charge < -0.3 is 14.7 Å². The Morgan fingerprint density at radius 1 is 0.726 bits per heavy atom. The molecule has 2 aliphatic heterocycles. The van der Waals surface area contributed by atoms with Crippen LogP contribution in [0.25, 0.3) is 0 Å². The second-order valence-corrected chi connectivity index (χ2v) is 24.9. The van der Waals surface area contributed by atoms with Crippen LogP contribution < -0.4 is 0 Å². The summed E-state index contributed by atoms with van der Waals surface area (Å²) in [5, 5.41) is 10.6. The average molecular weight is 850 g/mol. The first-order chi connectivity index (χ1) is 29.8. The van der Waals surface area contributed by atoms with Gasteiger partial charge in [-0.1, -0.05) is 84.8 Å². The van der Waals surface area contributed by atoms with Crippen molar-refractivity contribution in [2.75, 3.05) is 20.7 Å². The van der Waals surface area contributed by atoms with Crippen LogP contribution >= 0.6 is 0 Å². The van der Waals surface area contributed by atoms with E-state index in [1.807, 2.05) is 0 Å². The molecular formula is C58H93N2O2+. The fourth-order valence-corrected chi connectivity index (χ4v) is 17.9. The molecule has 0 aromatic rings. The predicted octanol–water partition coefficient (Wildman–Crippen LogP) is 13.9. The van der Waals surface area contributed by atoms with Crippen molar-refractivity contribution in [3.63, 3.8) is 0 Å². The van der Waals surface area contributed by atoms with Crippen LogP contribution in [-0.4, -0.2) is 65.3 Å². The molecule has 346 valence electrons. The van der Waals surface area contributed by atoms with Gasteiger partial charge in [-0.3, -0.25) is 0 Å². The molecule has 0 amide bonds. The van der Waals surface area contributed by atoms with Gasteiger partial charge in [0.1, 0.15) is 7.05 Å². The lowest BCUT2D eigenvalue weighted by Crippen LogP contribution is -2.45. The highest BCUT2D eigenvalue weighted by Crippen LogP contribution is 2.59. The molecule has 1 N–H and O–H groups in total. The molecule has 14 unspecified atom stereocenters. The summed E-state index contributed by atoms with van der Waals surface area (Å²) in [5.74, 6) is 8.18. The Kier molecular flexibility index (Phi) is 13.9. The van der Waals surface area contributed by atoms with E-state index in [0.29, 0.717) is 30.0 Å². The fourth-order valence-electron chi connectivity index (χ4n) is 17.9. The molecule has 2 heterocycles. The maximum absolute atomic E-state index is 10.6. The molecule has 0 aromatic heterocycles. The smallest absolute Gasteiger partial charge is 0.182 e. The first kappa shape index (κ1) is 45.5. The van der Waals surface area contributed by atoms with Crippen LogP contribution in [0.5, 0.6) is 0 Å². The van der Waals surface area contributed by atoms with Crippen molar-refractivity contribution in [2.24, 2.45) is 70.0 Å². The number of rotatable bonds is 10. The second kappa shape index (κ2) is 18.9. The number of likely N-dealkylation sites (tertiary alicyclic amines) is 1. The van der Waals surface area contributed by atoms with E-state index in [-0.39, 0.29) is 16.9 Å². The summed E-state index contributed by atoms with van der Waals surface area (Å²) in [4.78, 5) is 2.76. The molecule has 7 fully saturated rings. The number of fused-ring (bicyclic) bond motifs is 6. The van der Waals surface area contributed by atoms with Crippen molar-refractivity contribution in [2.45, 2.75) is 220 Å². The zero-order valence-electron chi connectivity index (χ0n) is 41.3. The first-order valence-corrected chi connectivity index (χ1v) is 27.3. The van der Waals surface area contributed by atoms with Crippen LogP contribution in [0.4, 0.5) is 0 Å². The van der Waals surface area contributed by atoms with Gasteiger partial charge in [-0.2, -0.15) is 0 Å². The van der Waals surface area contributed by atoms with Crippen LogP contribution in [0.2, 0.25) is 0 Å². The lowest BCUT2D eigenvalue weighted by atomic mass is 9.57. The number of nitrogens with zero attached hydrogens (tertiary/aromatic N) is 2. The zero-order valence-corrected chi connectivity index (χ0v) is 41.3. The van der Waals surface area contributed by atoms with Crippen LogP contribution in [0.15, 0.2) is 46.7 Å². The summed E-state index contributed by atoms with van der Waals surface area (Å²) in [7, 11) is 4.89. The quantitative estimate of drug-likeness (QED) is 0.223.